The Morgan fingerprint density at radius 3 is 2.13 bits per heavy atom. The highest BCUT2D eigenvalue weighted by Gasteiger charge is 2.73. The van der Waals surface area contributed by atoms with E-state index in [2.05, 4.69) is 5.32 Å². The van der Waals surface area contributed by atoms with Crippen LogP contribution >= 0.6 is 0 Å². The number of allylic oxidation sites excluding steroid dienone is 1. The number of alkyl carbamates (subject to hydrolysis) is 1. The summed E-state index contributed by atoms with van der Waals surface area (Å²) in [5.41, 5.74) is -5.89. The first-order chi connectivity index (χ1) is 27.7. The lowest BCUT2D eigenvalue weighted by Crippen LogP contribution is -2.73. The minimum atomic E-state index is -2.33. The molecule has 3 fully saturated rings. The topological polar surface area (TPSA) is 231 Å². The lowest BCUT2D eigenvalue weighted by Gasteiger charge is -2.62. The number of hydrogen-bond acceptors (Lipinski definition) is 15. The van der Waals surface area contributed by atoms with E-state index in [0.717, 1.165) is 6.92 Å². The zero-order chi connectivity index (χ0) is 44.9. The van der Waals surface area contributed by atoms with E-state index >= 15 is 4.79 Å². The summed E-state index contributed by atoms with van der Waals surface area (Å²) in [4.78, 5) is 81.9. The maximum atomic E-state index is 15.4. The van der Waals surface area contributed by atoms with Crippen molar-refractivity contribution in [3.8, 4) is 0 Å². The number of carbonyl (C=O) groups excluding carboxylic acids is 6. The van der Waals surface area contributed by atoms with Crippen molar-refractivity contribution in [3.63, 3.8) is 0 Å². The van der Waals surface area contributed by atoms with E-state index in [1.165, 1.54) is 39.0 Å². The molecule has 1 aromatic carbocycles. The second-order valence-corrected chi connectivity index (χ2v) is 18.3. The van der Waals surface area contributed by atoms with E-state index in [1.54, 1.807) is 66.7 Å². The molecular weight excluding hydrogens is 782 g/mol. The Bertz CT molecular complexity index is 1930. The van der Waals surface area contributed by atoms with Gasteiger partial charge in [-0.2, -0.15) is 0 Å². The van der Waals surface area contributed by atoms with E-state index in [0.29, 0.717) is 5.57 Å². The summed E-state index contributed by atoms with van der Waals surface area (Å²) in [7, 11) is 0. The van der Waals surface area contributed by atoms with Crippen LogP contribution in [-0.2, 0) is 47.6 Å². The normalized spacial score (nSPS) is 33.0. The molecule has 1 aromatic rings. The van der Waals surface area contributed by atoms with Gasteiger partial charge in [-0.15, -0.1) is 0 Å². The third kappa shape index (κ3) is 8.74. The van der Waals surface area contributed by atoms with Crippen molar-refractivity contribution < 1.29 is 72.5 Å². The van der Waals surface area contributed by atoms with Crippen LogP contribution in [-0.4, -0.2) is 118 Å². The highest BCUT2D eigenvalue weighted by Crippen LogP contribution is 2.62. The van der Waals surface area contributed by atoms with Gasteiger partial charge in [0.05, 0.1) is 35.8 Å². The smallest absolute Gasteiger partial charge is 0.408 e. The molecule has 0 radical (unpaired) electrons. The molecule has 2 bridgehead atoms. The van der Waals surface area contributed by atoms with Gasteiger partial charge in [0.2, 0.25) is 0 Å². The molecule has 16 nitrogen and oxygen atoms in total. The van der Waals surface area contributed by atoms with Crippen LogP contribution in [0.1, 0.15) is 99.4 Å². The molecule has 4 N–H and O–H groups in total. The molecule has 0 aromatic heterocycles. The number of hydrogen-bond donors (Lipinski definition) is 4. The Hall–Kier alpha value is -4.64. The summed E-state index contributed by atoms with van der Waals surface area (Å²) in [6, 6.07) is 6.57. The van der Waals surface area contributed by atoms with E-state index in [1.807, 2.05) is 0 Å². The van der Waals surface area contributed by atoms with Crippen molar-refractivity contribution >= 4 is 35.8 Å². The molecule has 3 aliphatic carbocycles. The standard InChI is InChI=1S/C44H59NO15/c1-21(2)17-26(45-40(53)60-41(6,7)8)34(49)39(52)58-28-19-44(54)37(59-38(51)25-15-13-12-14-16-25)33-31-27(55-20-29(31)56-23(4)46)18-30(48)43(33,11)36(50)35(57-24(5)47)32(22(28)3)42(44,9)10/h12-17,26-31,33-35,37,48-49,54H,18-20H2,1-11H3,(H,45,53)/t26-,27?,28-,29-,30-,31?,33-,34+,35+,37-,43+,44+/m0/s1. The number of ketones is 1. The summed E-state index contributed by atoms with van der Waals surface area (Å²) in [5, 5.41) is 39.6. The summed E-state index contributed by atoms with van der Waals surface area (Å²) < 4.78 is 35.4. The maximum Gasteiger partial charge on any atom is 0.408 e. The number of rotatable bonds is 9. The summed E-state index contributed by atoms with van der Waals surface area (Å²) in [5.74, 6) is -6.81. The largest absolute Gasteiger partial charge is 0.460 e. The third-order valence-electron chi connectivity index (χ3n) is 12.5. The van der Waals surface area contributed by atoms with Crippen molar-refractivity contribution in [3.05, 3.63) is 58.7 Å². The van der Waals surface area contributed by atoms with Crippen LogP contribution in [0.15, 0.2) is 53.1 Å². The summed E-state index contributed by atoms with van der Waals surface area (Å²) in [6.07, 6.45) is -10.5. The van der Waals surface area contributed by atoms with Gasteiger partial charge in [-0.25, -0.2) is 14.4 Å². The molecule has 60 heavy (non-hydrogen) atoms. The highest BCUT2D eigenvalue weighted by molar-refractivity contribution is 5.95. The highest BCUT2D eigenvalue weighted by atomic mass is 16.6. The lowest BCUT2D eigenvalue weighted by atomic mass is 9.46. The molecule has 12 atom stereocenters. The summed E-state index contributed by atoms with van der Waals surface area (Å²) in [6.45, 7) is 16.6. The Labute approximate surface area is 349 Å². The van der Waals surface area contributed by atoms with Gasteiger partial charge in [-0.1, -0.05) is 43.7 Å². The quantitative estimate of drug-likeness (QED) is 0.158. The molecule has 1 heterocycles. The Morgan fingerprint density at radius 1 is 0.950 bits per heavy atom. The van der Waals surface area contributed by atoms with Crippen LogP contribution in [0.5, 0.6) is 0 Å². The van der Waals surface area contributed by atoms with Crippen molar-refractivity contribution in [2.45, 2.75) is 149 Å². The average Bonchev–Trinajstić information content (AvgIpc) is 3.51. The van der Waals surface area contributed by atoms with Gasteiger partial charge < -0.3 is 49.1 Å². The number of nitrogens with one attached hydrogen (secondary N) is 1. The van der Waals surface area contributed by atoms with Crippen LogP contribution in [0.2, 0.25) is 0 Å². The first kappa shape index (κ1) is 46.4. The van der Waals surface area contributed by atoms with Gasteiger partial charge >= 0.3 is 30.0 Å². The van der Waals surface area contributed by atoms with Crippen molar-refractivity contribution in [2.24, 2.45) is 22.7 Å². The molecule has 330 valence electrons. The van der Waals surface area contributed by atoms with Gasteiger partial charge in [0.1, 0.15) is 29.5 Å². The molecular formula is C44H59NO15. The number of benzene rings is 1. The molecule has 1 saturated heterocycles. The van der Waals surface area contributed by atoms with E-state index in [4.69, 9.17) is 28.4 Å². The molecule has 5 rings (SSSR count). The number of Topliss-reactive ketones (excluding diaryl/α,β-unsaturated/α-hetero) is 1. The van der Waals surface area contributed by atoms with E-state index in [9.17, 15) is 39.3 Å². The lowest BCUT2D eigenvalue weighted by molar-refractivity contribution is -0.241. The number of esters is 4. The fraction of sp³-hybridized carbons (Fsp3) is 0.636. The zero-order valence-electron chi connectivity index (χ0n) is 36.1. The second kappa shape index (κ2) is 17.0. The number of aliphatic hydroxyl groups is 3. The number of fused-ring (bicyclic) bond motifs is 5. The number of ether oxygens (including phenoxy) is 6. The van der Waals surface area contributed by atoms with E-state index < -0.39 is 125 Å². The van der Waals surface area contributed by atoms with Crippen molar-refractivity contribution in [1.82, 2.24) is 5.32 Å². The van der Waals surface area contributed by atoms with Crippen LogP contribution < -0.4 is 5.32 Å². The monoisotopic (exact) mass is 841 g/mol. The van der Waals surface area contributed by atoms with Gasteiger partial charge in [-0.3, -0.25) is 14.4 Å². The van der Waals surface area contributed by atoms with Crippen LogP contribution in [0.25, 0.3) is 0 Å². The molecule has 0 spiro atoms. The van der Waals surface area contributed by atoms with Crippen molar-refractivity contribution in [2.75, 3.05) is 6.61 Å². The first-order valence-electron chi connectivity index (χ1n) is 20.2. The third-order valence-corrected chi connectivity index (χ3v) is 12.5. The fourth-order valence-electron chi connectivity index (χ4n) is 9.64. The average molecular weight is 842 g/mol. The zero-order valence-corrected chi connectivity index (χ0v) is 36.1. The number of amides is 1. The fourth-order valence-corrected chi connectivity index (χ4v) is 9.64. The van der Waals surface area contributed by atoms with Gasteiger partial charge in [-0.05, 0) is 71.7 Å². The predicted octanol–water partition coefficient (Wildman–Crippen LogP) is 3.67. The molecule has 16 heteroatoms. The second-order valence-electron chi connectivity index (χ2n) is 18.3. The Kier molecular flexibility index (Phi) is 13.2. The minimum Gasteiger partial charge on any atom is -0.460 e. The van der Waals surface area contributed by atoms with Gasteiger partial charge in [0, 0.05) is 43.9 Å². The number of aliphatic hydroxyl groups excluding tert-OH is 2. The predicted molar refractivity (Wildman–Crippen MR) is 212 cm³/mol. The molecule has 2 unspecified atom stereocenters. The van der Waals surface area contributed by atoms with Crippen LogP contribution in [0.3, 0.4) is 0 Å². The SMILES string of the molecule is CC(=O)O[C@H]1C(=O)[C@]2(C)[C@@H](O)CC3OC[C@H](OC(C)=O)C3[C@H]2[C@H](OC(=O)c2ccccc2)[C@]2(O)C[C@H](OC(=O)[C@H](O)[C@H](C=C(C)C)NC(=O)OC(C)(C)C)C(C)=C1C2(C)C. The van der Waals surface area contributed by atoms with Crippen molar-refractivity contribution in [1.29, 1.82) is 0 Å². The molecule has 4 aliphatic rings. The minimum absolute atomic E-state index is 0.0189. The molecule has 1 aliphatic heterocycles. The Balaban J connectivity index is 1.72. The molecule has 2 saturated carbocycles. The van der Waals surface area contributed by atoms with E-state index in [-0.39, 0.29) is 29.7 Å². The van der Waals surface area contributed by atoms with Crippen LogP contribution in [0.4, 0.5) is 4.79 Å². The molecule has 1 amide bonds. The van der Waals surface area contributed by atoms with Gasteiger partial charge in [0.25, 0.3) is 0 Å². The Morgan fingerprint density at radius 2 is 1.57 bits per heavy atom. The maximum absolute atomic E-state index is 15.4. The van der Waals surface area contributed by atoms with Crippen LogP contribution in [0, 0.1) is 22.7 Å². The summed E-state index contributed by atoms with van der Waals surface area (Å²) >= 11 is 0. The first-order valence-corrected chi connectivity index (χ1v) is 20.2. The number of carbonyl (C=O) groups is 6. The van der Waals surface area contributed by atoms with Gasteiger partial charge in [0.15, 0.2) is 18.0 Å².